The predicted octanol–water partition coefficient (Wildman–Crippen LogP) is 18.1. The molecule has 0 aliphatic rings. The molecule has 16 nitrogen and oxygen atoms in total. The number of hydrogen-bond acceptors (Lipinski definition) is 11. The number of carboxylic acids is 3. The Morgan fingerprint density at radius 3 is 0.631 bits per heavy atom. The molecule has 2 rings (SSSR count). The molecule has 0 saturated heterocycles. The van der Waals surface area contributed by atoms with E-state index < -0.39 is 64.2 Å². The van der Waals surface area contributed by atoms with E-state index in [9.17, 15) is 24.0 Å². The maximum Gasteiger partial charge on any atom is 0.303 e. The number of benzene rings is 2. The maximum absolute atomic E-state index is 10.5. The number of nitrogens with two attached hydrogens (primary N) is 2. The van der Waals surface area contributed by atoms with Crippen LogP contribution in [0.4, 0.5) is 0 Å². The van der Waals surface area contributed by atoms with Crippen molar-refractivity contribution < 1.29 is 69.9 Å². The summed E-state index contributed by atoms with van der Waals surface area (Å²) in [5.41, 5.74) is 9.58. The highest BCUT2D eigenvalue weighted by atomic mass is 16.4. The predicted molar refractivity (Wildman–Crippen MR) is 341 cm³/mol. The summed E-state index contributed by atoms with van der Waals surface area (Å²) in [4.78, 5) is 52.0. The molecule has 0 saturated carbocycles. The van der Waals surface area contributed by atoms with Crippen molar-refractivity contribution in [1.82, 2.24) is 0 Å². The molecule has 0 heterocycles. The topological polar surface area (TPSA) is 319 Å². The Morgan fingerprint density at radius 2 is 0.464 bits per heavy atom. The molecule has 0 bridgehead atoms. The summed E-state index contributed by atoms with van der Waals surface area (Å²) in [6.45, 7) is 6.78. The molecule has 13 N–H and O–H groups in total. The van der Waals surface area contributed by atoms with E-state index in [4.69, 9.17) is 57.4 Å². The second kappa shape index (κ2) is 61.4. The molecule has 0 spiro atoms. The van der Waals surface area contributed by atoms with Crippen molar-refractivity contribution in [1.29, 1.82) is 0 Å². The van der Waals surface area contributed by atoms with Gasteiger partial charge in [0.05, 0.1) is 0 Å². The molecule has 0 aliphatic heterocycles. The Kier molecular flexibility index (Phi) is 59.9. The fraction of sp³-hybridized carbons (Fsp3) is 0.662. The van der Waals surface area contributed by atoms with Crippen molar-refractivity contribution in [2.45, 2.75) is 290 Å². The zero-order valence-electron chi connectivity index (χ0n) is 52.2. The van der Waals surface area contributed by atoms with Gasteiger partial charge in [-0.25, -0.2) is 0 Å². The van der Waals surface area contributed by atoms with E-state index in [2.05, 4.69) is 57.2 Å². The van der Waals surface area contributed by atoms with Gasteiger partial charge in [0.2, 0.25) is 11.8 Å². The van der Waals surface area contributed by atoms with E-state index in [1.165, 1.54) is 212 Å². The highest BCUT2D eigenvalue weighted by Gasteiger charge is 2.12. The van der Waals surface area contributed by atoms with Crippen LogP contribution in [0, 0.1) is 0 Å². The number of carbonyl (C=O) groups is 5. The number of allylic oxidation sites excluding steroid dienone is 6. The van der Waals surface area contributed by atoms with Gasteiger partial charge in [-0.3, -0.25) is 24.0 Å². The lowest BCUT2D eigenvalue weighted by molar-refractivity contribution is -0.138. The number of carboxylic acid groups (broad SMARTS) is 3. The van der Waals surface area contributed by atoms with Gasteiger partial charge in [0.25, 0.3) is 0 Å². The maximum atomic E-state index is 10.5. The quantitative estimate of drug-likeness (QED) is 0.0167. The Balaban J connectivity index is -0.000000991. The van der Waals surface area contributed by atoms with Crippen LogP contribution in [0.15, 0.2) is 60.7 Å². The number of amides is 2. The summed E-state index contributed by atoms with van der Waals surface area (Å²) in [5, 5.41) is 78.9. The van der Waals surface area contributed by atoms with Gasteiger partial charge in [-0.2, -0.15) is 0 Å². The van der Waals surface area contributed by atoms with E-state index in [0.717, 1.165) is 62.8 Å². The van der Waals surface area contributed by atoms with Gasteiger partial charge >= 0.3 is 17.9 Å². The highest BCUT2D eigenvalue weighted by molar-refractivity contribution is 5.94. The molecule has 0 atom stereocenters. The smallest absolute Gasteiger partial charge is 0.303 e. The van der Waals surface area contributed by atoms with Crippen LogP contribution < -0.4 is 11.5 Å². The van der Waals surface area contributed by atoms with E-state index in [1.807, 2.05) is 0 Å². The lowest BCUT2D eigenvalue weighted by Gasteiger charge is -2.01. The number of rotatable bonds is 47. The Hall–Kier alpha value is -6.19. The zero-order chi connectivity index (χ0) is 63.3. The minimum atomic E-state index is -0.791. The van der Waals surface area contributed by atoms with Gasteiger partial charge in [-0.1, -0.05) is 211 Å². The summed E-state index contributed by atoms with van der Waals surface area (Å²) in [6, 6.07) is 3.88. The third kappa shape index (κ3) is 59.0. The highest BCUT2D eigenvalue weighted by Crippen LogP contribution is 2.36. The van der Waals surface area contributed by atoms with Crippen LogP contribution in [0.5, 0.6) is 34.5 Å². The van der Waals surface area contributed by atoms with Gasteiger partial charge in [-0.15, -0.1) is 0 Å². The number of carbonyl (C=O) groups excluding carboxylic acids is 2. The van der Waals surface area contributed by atoms with Crippen LogP contribution in [-0.4, -0.2) is 75.7 Å². The summed E-state index contributed by atoms with van der Waals surface area (Å²) in [6.07, 6.45) is 63.7. The first-order chi connectivity index (χ1) is 40.3. The van der Waals surface area contributed by atoms with E-state index >= 15 is 0 Å². The van der Waals surface area contributed by atoms with Gasteiger partial charge in [0, 0.05) is 30.4 Å². The lowest BCUT2D eigenvalue weighted by atomic mass is 10.1. The molecular formula is C68H116N2O14. The van der Waals surface area contributed by atoms with Crippen LogP contribution in [0.3, 0.4) is 0 Å². The number of unbranched alkanes of at least 4 members (excludes halogenated alkanes) is 33. The number of aromatic hydroxyl groups is 6. The third-order valence-electron chi connectivity index (χ3n) is 13.7. The molecule has 16 heteroatoms. The van der Waals surface area contributed by atoms with Crippen molar-refractivity contribution in [3.63, 3.8) is 0 Å². The molecule has 2 aromatic rings. The van der Waals surface area contributed by atoms with E-state index in [-0.39, 0.29) is 11.1 Å². The van der Waals surface area contributed by atoms with Gasteiger partial charge in [0.1, 0.15) is 0 Å². The molecule has 0 unspecified atom stereocenters. The molecule has 0 aliphatic carbocycles. The fourth-order valence-electron chi connectivity index (χ4n) is 8.53. The summed E-state index contributed by atoms with van der Waals surface area (Å²) in [5.74, 6) is -7.23. The van der Waals surface area contributed by atoms with Crippen LogP contribution in [0.2, 0.25) is 0 Å². The zero-order valence-corrected chi connectivity index (χ0v) is 52.2. The van der Waals surface area contributed by atoms with Gasteiger partial charge in [0.15, 0.2) is 34.5 Å². The van der Waals surface area contributed by atoms with Crippen molar-refractivity contribution >= 4 is 29.7 Å². The van der Waals surface area contributed by atoms with Crippen LogP contribution in [-0.2, 0) is 14.4 Å². The average Bonchev–Trinajstić information content (AvgIpc) is 3.67. The molecule has 0 radical (unpaired) electrons. The lowest BCUT2D eigenvalue weighted by Crippen LogP contribution is -2.10. The van der Waals surface area contributed by atoms with E-state index in [0.29, 0.717) is 19.3 Å². The minimum Gasteiger partial charge on any atom is -0.504 e. The SMILES string of the molecule is CCCCCCCC/C=C\CCCCCCCC(=O)O.CCCCCCCC/C=C\CCCCCCCC(=O)O.CCCCCCCC/C=C\CCCCCCCC(=O)O.NC(=O)c1cc(O)c(O)c(O)c1.NC(=O)c1cc(O)c(O)c(O)c1. The van der Waals surface area contributed by atoms with Crippen molar-refractivity contribution in [2.75, 3.05) is 0 Å². The Morgan fingerprint density at radius 1 is 0.298 bits per heavy atom. The van der Waals surface area contributed by atoms with Crippen molar-refractivity contribution in [3.8, 4) is 34.5 Å². The number of aliphatic carboxylic acids is 3. The number of phenols is 6. The first kappa shape index (κ1) is 82.0. The largest absolute Gasteiger partial charge is 0.504 e. The molecule has 0 aromatic heterocycles. The third-order valence-corrected chi connectivity index (χ3v) is 13.7. The van der Waals surface area contributed by atoms with Crippen LogP contribution in [0.25, 0.3) is 0 Å². The van der Waals surface area contributed by atoms with Crippen molar-refractivity contribution in [2.24, 2.45) is 11.5 Å². The molecule has 84 heavy (non-hydrogen) atoms. The Bertz CT molecular complexity index is 1800. The summed E-state index contributed by atoms with van der Waals surface area (Å²) in [7, 11) is 0. The average molecular weight is 1190 g/mol. The van der Waals surface area contributed by atoms with Gasteiger partial charge in [-0.05, 0) is 121 Å². The van der Waals surface area contributed by atoms with Gasteiger partial charge < -0.3 is 57.4 Å². The molecule has 2 aromatic carbocycles. The Labute approximate surface area is 506 Å². The second-order valence-corrected chi connectivity index (χ2v) is 21.6. The molecule has 482 valence electrons. The molecule has 0 fully saturated rings. The minimum absolute atomic E-state index is 0.0669. The standard InChI is InChI=1S/3C18H34O2.2C7H7NO4/c3*1-2-3-4-5-6-7-8-9-10-11-12-13-14-15-16-17-18(19)20;2*8-7(12)3-1-4(9)6(11)5(10)2-3/h3*9-10H,2-8,11-17H2,1H3,(H,19,20);2*1-2,9-11H,(H2,8,12)/b3*10-9-;;. The normalized spacial score (nSPS) is 10.8. The number of phenolic OH excluding ortho intramolecular Hbond substituents is 6. The monoisotopic (exact) mass is 1180 g/mol. The van der Waals surface area contributed by atoms with E-state index in [1.54, 1.807) is 0 Å². The number of hydrogen-bond donors (Lipinski definition) is 11. The summed E-state index contributed by atoms with van der Waals surface area (Å²) >= 11 is 0. The fourth-order valence-corrected chi connectivity index (χ4v) is 8.53. The molecular weight excluding hydrogens is 1070 g/mol. The summed E-state index contributed by atoms with van der Waals surface area (Å²) < 4.78 is 0. The van der Waals surface area contributed by atoms with Crippen LogP contribution in [0.1, 0.15) is 311 Å². The molecule has 2 amide bonds. The number of primary amides is 2. The second-order valence-electron chi connectivity index (χ2n) is 21.6. The van der Waals surface area contributed by atoms with Crippen LogP contribution >= 0.6 is 0 Å². The van der Waals surface area contributed by atoms with Crippen molar-refractivity contribution in [3.05, 3.63) is 71.8 Å². The first-order valence-corrected chi connectivity index (χ1v) is 32.1. The first-order valence-electron chi connectivity index (χ1n) is 32.1.